The number of piperazine rings is 1. The summed E-state index contributed by atoms with van der Waals surface area (Å²) >= 11 is 5.13. The molecular weight excluding hydrogens is 294 g/mol. The average Bonchev–Trinajstić information content (AvgIpc) is 2.45. The summed E-state index contributed by atoms with van der Waals surface area (Å²) in [7, 11) is 0. The molecule has 116 valence electrons. The lowest BCUT2D eigenvalue weighted by Crippen LogP contribution is -2.54. The van der Waals surface area contributed by atoms with Crippen molar-refractivity contribution in [2.24, 2.45) is 5.73 Å². The molecule has 0 aromatic carbocycles. The van der Waals surface area contributed by atoms with Gasteiger partial charge in [-0.05, 0) is 6.42 Å². The number of thiocarbonyl (C=S) groups is 1. The van der Waals surface area contributed by atoms with E-state index in [4.69, 9.17) is 18.0 Å². The third-order valence-corrected chi connectivity index (χ3v) is 4.01. The standard InChI is InChI=1S/C14H20F2N4S/c1-2-3-12(13(17)21)19-4-6-20(7-5-19)14-11(16)8-10(15)9-18-14/h8-9,12H,2-7H2,1H3,(H2,17,21). The first-order chi connectivity index (χ1) is 10.0. The smallest absolute Gasteiger partial charge is 0.168 e. The number of aromatic nitrogens is 1. The van der Waals surface area contributed by atoms with Crippen LogP contribution in [-0.4, -0.2) is 47.1 Å². The highest BCUT2D eigenvalue weighted by atomic mass is 32.1. The second-order valence-electron chi connectivity index (χ2n) is 5.19. The van der Waals surface area contributed by atoms with Crippen LogP contribution in [0.25, 0.3) is 0 Å². The molecule has 0 aliphatic carbocycles. The first-order valence-corrected chi connectivity index (χ1v) is 7.53. The molecule has 4 nitrogen and oxygen atoms in total. The van der Waals surface area contributed by atoms with E-state index in [0.29, 0.717) is 18.1 Å². The molecule has 0 spiro atoms. The molecule has 1 aliphatic heterocycles. The Morgan fingerprint density at radius 1 is 1.38 bits per heavy atom. The van der Waals surface area contributed by atoms with Crippen LogP contribution in [0.15, 0.2) is 12.3 Å². The van der Waals surface area contributed by atoms with E-state index < -0.39 is 11.6 Å². The molecule has 21 heavy (non-hydrogen) atoms. The summed E-state index contributed by atoms with van der Waals surface area (Å²) in [5.41, 5.74) is 5.80. The predicted molar refractivity (Wildman–Crippen MR) is 83.4 cm³/mol. The molecule has 0 radical (unpaired) electrons. The van der Waals surface area contributed by atoms with Gasteiger partial charge < -0.3 is 10.6 Å². The quantitative estimate of drug-likeness (QED) is 0.842. The van der Waals surface area contributed by atoms with Crippen molar-refractivity contribution in [2.45, 2.75) is 25.8 Å². The van der Waals surface area contributed by atoms with Crippen molar-refractivity contribution in [1.29, 1.82) is 0 Å². The van der Waals surface area contributed by atoms with Crippen molar-refractivity contribution in [2.75, 3.05) is 31.1 Å². The fourth-order valence-electron chi connectivity index (χ4n) is 2.66. The van der Waals surface area contributed by atoms with Gasteiger partial charge in [0.25, 0.3) is 0 Å². The van der Waals surface area contributed by atoms with E-state index >= 15 is 0 Å². The Bertz CT molecular complexity index is 504. The number of nitrogens with zero attached hydrogens (tertiary/aromatic N) is 3. The lowest BCUT2D eigenvalue weighted by atomic mass is 10.1. The maximum Gasteiger partial charge on any atom is 0.168 e. The topological polar surface area (TPSA) is 45.4 Å². The summed E-state index contributed by atoms with van der Waals surface area (Å²) in [6, 6.07) is 0.960. The van der Waals surface area contributed by atoms with E-state index in [9.17, 15) is 8.78 Å². The van der Waals surface area contributed by atoms with Crippen molar-refractivity contribution in [3.63, 3.8) is 0 Å². The highest BCUT2D eigenvalue weighted by molar-refractivity contribution is 7.80. The summed E-state index contributed by atoms with van der Waals surface area (Å²) in [5, 5.41) is 0. The van der Waals surface area contributed by atoms with Crippen LogP contribution in [0.2, 0.25) is 0 Å². The summed E-state index contributed by atoms with van der Waals surface area (Å²) in [4.78, 5) is 8.41. The van der Waals surface area contributed by atoms with E-state index in [1.807, 2.05) is 4.90 Å². The van der Waals surface area contributed by atoms with Gasteiger partial charge in [-0.2, -0.15) is 0 Å². The zero-order chi connectivity index (χ0) is 15.4. The number of nitrogens with two attached hydrogens (primary N) is 1. The monoisotopic (exact) mass is 314 g/mol. The van der Waals surface area contributed by atoms with Crippen molar-refractivity contribution in [1.82, 2.24) is 9.88 Å². The van der Waals surface area contributed by atoms with Gasteiger partial charge in [0.15, 0.2) is 11.6 Å². The molecule has 0 bridgehead atoms. The first-order valence-electron chi connectivity index (χ1n) is 7.12. The molecule has 1 saturated heterocycles. The number of hydrogen-bond donors (Lipinski definition) is 1. The van der Waals surface area contributed by atoms with Crippen LogP contribution < -0.4 is 10.6 Å². The fourth-order valence-corrected chi connectivity index (χ4v) is 2.93. The highest BCUT2D eigenvalue weighted by Crippen LogP contribution is 2.20. The van der Waals surface area contributed by atoms with Crippen molar-refractivity contribution < 1.29 is 8.78 Å². The Morgan fingerprint density at radius 2 is 2.05 bits per heavy atom. The van der Waals surface area contributed by atoms with Crippen LogP contribution in [0.1, 0.15) is 19.8 Å². The lowest BCUT2D eigenvalue weighted by Gasteiger charge is -2.39. The van der Waals surface area contributed by atoms with Crippen LogP contribution in [0.3, 0.4) is 0 Å². The lowest BCUT2D eigenvalue weighted by molar-refractivity contribution is 0.218. The molecular formula is C14H20F2N4S. The van der Waals surface area contributed by atoms with Gasteiger partial charge in [-0.3, -0.25) is 4.90 Å². The summed E-state index contributed by atoms with van der Waals surface area (Å²) in [6.07, 6.45) is 2.98. The molecule has 1 atom stereocenters. The maximum absolute atomic E-state index is 13.7. The molecule has 1 aliphatic rings. The SMILES string of the molecule is CCCC(C(N)=S)N1CCN(c2ncc(F)cc2F)CC1. The van der Waals surface area contributed by atoms with E-state index in [2.05, 4.69) is 16.8 Å². The number of rotatable bonds is 5. The van der Waals surface area contributed by atoms with Crippen molar-refractivity contribution >= 4 is 23.0 Å². The molecule has 1 unspecified atom stereocenters. The minimum Gasteiger partial charge on any atom is -0.392 e. The van der Waals surface area contributed by atoms with E-state index in [0.717, 1.165) is 38.2 Å². The Balaban J connectivity index is 2.01. The van der Waals surface area contributed by atoms with Crippen molar-refractivity contribution in [3.8, 4) is 0 Å². The fraction of sp³-hybridized carbons (Fsp3) is 0.571. The van der Waals surface area contributed by atoms with Gasteiger partial charge >= 0.3 is 0 Å². The summed E-state index contributed by atoms with van der Waals surface area (Å²) in [5.74, 6) is -1.08. The highest BCUT2D eigenvalue weighted by Gasteiger charge is 2.26. The molecule has 2 heterocycles. The average molecular weight is 314 g/mol. The summed E-state index contributed by atoms with van der Waals surface area (Å²) in [6.45, 7) is 4.82. The Morgan fingerprint density at radius 3 is 2.57 bits per heavy atom. The normalized spacial score (nSPS) is 17.8. The van der Waals surface area contributed by atoms with Crippen LogP contribution in [-0.2, 0) is 0 Å². The van der Waals surface area contributed by atoms with Crippen LogP contribution in [0, 0.1) is 11.6 Å². The molecule has 0 saturated carbocycles. The van der Waals surface area contributed by atoms with Gasteiger partial charge in [0.1, 0.15) is 5.82 Å². The Kier molecular flexibility index (Phi) is 5.41. The second kappa shape index (κ2) is 7.09. The molecule has 2 rings (SSSR count). The van der Waals surface area contributed by atoms with Gasteiger partial charge in [0.05, 0.1) is 17.2 Å². The Hall–Kier alpha value is -1.34. The van der Waals surface area contributed by atoms with Gasteiger partial charge in [-0.15, -0.1) is 0 Å². The minimum atomic E-state index is -0.661. The largest absolute Gasteiger partial charge is 0.392 e. The minimum absolute atomic E-state index is 0.0955. The maximum atomic E-state index is 13.7. The first kappa shape index (κ1) is 16.0. The van der Waals surface area contributed by atoms with Crippen LogP contribution in [0.4, 0.5) is 14.6 Å². The predicted octanol–water partition coefficient (Wildman–Crippen LogP) is 1.94. The number of halogens is 2. The zero-order valence-electron chi connectivity index (χ0n) is 12.1. The second-order valence-corrected chi connectivity index (χ2v) is 5.66. The third-order valence-electron chi connectivity index (χ3n) is 3.73. The molecule has 1 aromatic rings. The molecule has 7 heteroatoms. The molecule has 0 amide bonds. The van der Waals surface area contributed by atoms with Crippen LogP contribution >= 0.6 is 12.2 Å². The van der Waals surface area contributed by atoms with Gasteiger partial charge in [-0.25, -0.2) is 13.8 Å². The molecule has 1 aromatic heterocycles. The molecule has 1 fully saturated rings. The Labute approximate surface area is 128 Å². The van der Waals surface area contributed by atoms with Gasteiger partial charge in [0, 0.05) is 32.2 Å². The molecule has 2 N–H and O–H groups in total. The summed E-state index contributed by atoms with van der Waals surface area (Å²) < 4.78 is 26.6. The van der Waals surface area contributed by atoms with E-state index in [-0.39, 0.29) is 11.9 Å². The van der Waals surface area contributed by atoms with Crippen LogP contribution in [0.5, 0.6) is 0 Å². The number of pyridine rings is 1. The number of hydrogen-bond acceptors (Lipinski definition) is 4. The third kappa shape index (κ3) is 3.85. The number of anilines is 1. The van der Waals surface area contributed by atoms with Gasteiger partial charge in [-0.1, -0.05) is 25.6 Å². The van der Waals surface area contributed by atoms with Gasteiger partial charge in [0.2, 0.25) is 0 Å². The zero-order valence-corrected chi connectivity index (χ0v) is 12.9. The van der Waals surface area contributed by atoms with Crippen molar-refractivity contribution in [3.05, 3.63) is 23.9 Å². The van der Waals surface area contributed by atoms with E-state index in [1.54, 1.807) is 0 Å². The van der Waals surface area contributed by atoms with E-state index in [1.165, 1.54) is 0 Å².